The summed E-state index contributed by atoms with van der Waals surface area (Å²) in [6.45, 7) is 5.39. The van der Waals surface area contributed by atoms with Gasteiger partial charge in [-0.15, -0.1) is 21.7 Å². The van der Waals surface area contributed by atoms with E-state index in [9.17, 15) is 19.8 Å². The fourth-order valence-corrected chi connectivity index (χ4v) is 1.81. The fourth-order valence-electron chi connectivity index (χ4n) is 1.81. The summed E-state index contributed by atoms with van der Waals surface area (Å²) >= 11 is 0. The van der Waals surface area contributed by atoms with Crippen molar-refractivity contribution >= 4 is 23.2 Å². The minimum absolute atomic E-state index is 0. The molecule has 2 heterocycles. The van der Waals surface area contributed by atoms with Crippen LogP contribution >= 0.6 is 0 Å². The summed E-state index contributed by atoms with van der Waals surface area (Å²) < 4.78 is 0. The van der Waals surface area contributed by atoms with Gasteiger partial charge in [-0.2, -0.15) is 0 Å². The van der Waals surface area contributed by atoms with Crippen LogP contribution in [0.3, 0.4) is 0 Å². The van der Waals surface area contributed by atoms with Crippen LogP contribution in [0.25, 0.3) is 0 Å². The maximum Gasteiger partial charge on any atom is 2.00 e. The topological polar surface area (TPSA) is 410 Å². The van der Waals surface area contributed by atoms with Gasteiger partial charge >= 0.3 is 34.1 Å². The van der Waals surface area contributed by atoms with Gasteiger partial charge in [0, 0.05) is 12.4 Å². The van der Waals surface area contributed by atoms with Crippen LogP contribution in [-0.4, -0.2) is 59.8 Å². The number of carbonyl (C=O) groups excluding carboxylic acids is 2. The van der Waals surface area contributed by atoms with Crippen LogP contribution in [0.1, 0.15) is 39.1 Å². The van der Waals surface area contributed by atoms with Gasteiger partial charge < -0.3 is 68.8 Å². The van der Waals surface area contributed by atoms with Crippen molar-refractivity contribution in [3.8, 4) is 0 Å². The maximum absolute atomic E-state index is 9.98. The SMILES string of the molecule is CC(=O)/C=C(/C)[O-].CC(=O)/C=C(/C)[O-].N/C(=N\N=C(/N)c1ccccn1)c1ccccn1.O.O.O.O=[N+]([O-])[O-].O=[N+]([O-])[O-].[Cu+2].[Cu+2]. The van der Waals surface area contributed by atoms with Crippen LogP contribution in [0.2, 0.25) is 0 Å². The molecule has 21 nitrogen and oxygen atoms in total. The normalized spacial score (nSPS) is 9.60. The third-order valence-electron chi connectivity index (χ3n) is 2.93. The van der Waals surface area contributed by atoms with Gasteiger partial charge in [-0.1, -0.05) is 26.0 Å². The number of carbonyl (C=O) groups is 2. The first-order chi connectivity index (χ1) is 18.5. The first-order valence-electron chi connectivity index (χ1n) is 10.3. The van der Waals surface area contributed by atoms with Crippen molar-refractivity contribution in [3.05, 3.63) is 114 Å². The molecule has 0 aliphatic carbocycles. The van der Waals surface area contributed by atoms with Gasteiger partial charge in [0.05, 0.1) is 10.2 Å². The van der Waals surface area contributed by atoms with Gasteiger partial charge in [0.2, 0.25) is 0 Å². The molecule has 0 fully saturated rings. The molecule has 0 unspecified atom stereocenters. The second-order valence-electron chi connectivity index (χ2n) is 6.58. The van der Waals surface area contributed by atoms with E-state index in [1.54, 1.807) is 36.7 Å². The Morgan fingerprint density at radius 3 is 1.04 bits per heavy atom. The molecule has 260 valence electrons. The summed E-state index contributed by atoms with van der Waals surface area (Å²) in [7, 11) is 0. The third kappa shape index (κ3) is 52.1. The van der Waals surface area contributed by atoms with Gasteiger partial charge in [-0.3, -0.25) is 19.6 Å². The van der Waals surface area contributed by atoms with E-state index in [-0.39, 0.29) is 85.3 Å². The quantitative estimate of drug-likeness (QED) is 0.0595. The number of hydrogen-bond donors (Lipinski definition) is 2. The molecule has 0 atom stereocenters. The molecule has 0 amide bonds. The summed E-state index contributed by atoms with van der Waals surface area (Å²) in [6, 6.07) is 10.7. The van der Waals surface area contributed by atoms with Crippen molar-refractivity contribution in [1.29, 1.82) is 0 Å². The average Bonchev–Trinajstić information content (AvgIpc) is 2.82. The second-order valence-corrected chi connectivity index (χ2v) is 6.58. The number of amidine groups is 2. The second kappa shape index (κ2) is 37.0. The standard InChI is InChI=1S/C12H12N6.2C5H8O2.2Cu.2NO3.3H2O/c13-11(9-5-1-3-7-15-9)17-18-12(14)10-6-2-4-8-16-10;2*1-4(6)3-5(2)7;;;2*2-1(3)4;;;/h1-8H,(H2,13,17)(H2,14,18);2*3,6H,1-2H3;;;;;3*1H2/q;;;2*+2;2*-1;;;/p-2/b;2*4-3-;;;;;;;. The Balaban J connectivity index is -0.0000000719. The van der Waals surface area contributed by atoms with Crippen LogP contribution in [0.15, 0.2) is 82.7 Å². The van der Waals surface area contributed by atoms with Crippen molar-refractivity contribution in [3.63, 3.8) is 0 Å². The molecule has 2 aromatic rings. The summed E-state index contributed by atoms with van der Waals surface area (Å²) in [5, 5.41) is 57.1. The molecule has 0 spiro atoms. The van der Waals surface area contributed by atoms with Gasteiger partial charge in [0.25, 0.3) is 0 Å². The summed E-state index contributed by atoms with van der Waals surface area (Å²) in [6.07, 6.45) is 5.37. The van der Waals surface area contributed by atoms with Crippen molar-refractivity contribution in [1.82, 2.24) is 9.97 Å². The number of aromatic nitrogens is 2. The van der Waals surface area contributed by atoms with E-state index < -0.39 is 10.2 Å². The van der Waals surface area contributed by atoms with Crippen molar-refractivity contribution < 1.29 is 80.5 Å². The molecular formula is C22H32Cu2N8O13. The van der Waals surface area contributed by atoms with Gasteiger partial charge in [0.1, 0.15) is 11.4 Å². The van der Waals surface area contributed by atoms with Crippen molar-refractivity contribution in [2.24, 2.45) is 21.7 Å². The van der Waals surface area contributed by atoms with E-state index in [1.807, 2.05) is 12.1 Å². The number of hydrogen-bond acceptors (Lipinski definition) is 14. The molecule has 2 radical (unpaired) electrons. The molecule has 45 heavy (non-hydrogen) atoms. The Kier molecular flexibility index (Phi) is 48.8. The molecule has 10 N–H and O–H groups in total. The number of nitrogens with two attached hydrogens (primary N) is 2. The third-order valence-corrected chi connectivity index (χ3v) is 2.93. The van der Waals surface area contributed by atoms with Crippen LogP contribution in [-0.2, 0) is 43.7 Å². The Labute approximate surface area is 277 Å². The molecule has 0 saturated heterocycles. The minimum atomic E-state index is -1.75. The number of rotatable bonds is 5. The molecule has 0 bridgehead atoms. The van der Waals surface area contributed by atoms with Crippen LogP contribution in [0, 0.1) is 30.6 Å². The van der Waals surface area contributed by atoms with E-state index in [0.29, 0.717) is 11.4 Å². The summed E-state index contributed by atoms with van der Waals surface area (Å²) in [4.78, 5) is 44.6. The van der Waals surface area contributed by atoms with Crippen LogP contribution in [0.5, 0.6) is 0 Å². The molecule has 2 aromatic heterocycles. The first kappa shape index (κ1) is 59.4. The molecule has 0 aliphatic rings. The summed E-state index contributed by atoms with van der Waals surface area (Å²) in [5.41, 5.74) is 12.6. The van der Waals surface area contributed by atoms with Gasteiger partial charge in [-0.05, 0) is 50.3 Å². The molecule has 23 heteroatoms. The Hall–Kier alpha value is -5.02. The van der Waals surface area contributed by atoms with Gasteiger partial charge in [-0.25, -0.2) is 0 Å². The zero-order chi connectivity index (χ0) is 31.7. The van der Waals surface area contributed by atoms with E-state index in [0.717, 1.165) is 12.2 Å². The molecule has 0 aliphatic heterocycles. The molecular weight excluding hydrogens is 711 g/mol. The average molecular weight is 744 g/mol. The van der Waals surface area contributed by atoms with Crippen LogP contribution < -0.4 is 21.7 Å². The maximum atomic E-state index is 9.98. The minimum Gasteiger partial charge on any atom is -0.876 e. The zero-order valence-corrected chi connectivity index (χ0v) is 25.7. The zero-order valence-electron chi connectivity index (χ0n) is 23.8. The van der Waals surface area contributed by atoms with Crippen molar-refractivity contribution in [2.75, 3.05) is 0 Å². The van der Waals surface area contributed by atoms with Gasteiger partial charge in [0.15, 0.2) is 23.2 Å². The van der Waals surface area contributed by atoms with Crippen LogP contribution in [0.4, 0.5) is 0 Å². The van der Waals surface area contributed by atoms with E-state index >= 15 is 0 Å². The monoisotopic (exact) mass is 742 g/mol. The number of pyridine rings is 2. The fraction of sp³-hybridized carbons (Fsp3) is 0.182. The smallest absolute Gasteiger partial charge is 0.876 e. The predicted octanol–water partition coefficient (Wildman–Crippen LogP) is -2.78. The van der Waals surface area contributed by atoms with Crippen molar-refractivity contribution in [2.45, 2.75) is 27.7 Å². The Morgan fingerprint density at radius 2 is 0.911 bits per heavy atom. The number of ketones is 2. The van der Waals surface area contributed by atoms with E-state index in [2.05, 4.69) is 20.2 Å². The van der Waals surface area contributed by atoms with E-state index in [4.69, 9.17) is 42.1 Å². The first-order valence-corrected chi connectivity index (χ1v) is 10.3. The predicted molar refractivity (Wildman–Crippen MR) is 150 cm³/mol. The largest absolute Gasteiger partial charge is 2.00 e. The number of nitrogens with zero attached hydrogens (tertiary/aromatic N) is 6. The Morgan fingerprint density at radius 1 is 0.667 bits per heavy atom. The Bertz CT molecular complexity index is 1090. The molecule has 0 aromatic carbocycles. The molecule has 0 saturated carbocycles. The van der Waals surface area contributed by atoms with E-state index in [1.165, 1.54) is 27.7 Å². The molecule has 2 rings (SSSR count). The summed E-state index contributed by atoms with van der Waals surface area (Å²) in [5.74, 6) is -0.344. The number of allylic oxidation sites excluding steroid dienone is 4.